The second kappa shape index (κ2) is 5.98. The Morgan fingerprint density at radius 1 is 1.39 bits per heavy atom. The van der Waals surface area contributed by atoms with Gasteiger partial charge in [0.1, 0.15) is 10.9 Å². The summed E-state index contributed by atoms with van der Waals surface area (Å²) in [6.45, 7) is 0.889. The molecule has 0 saturated carbocycles. The van der Waals surface area contributed by atoms with E-state index < -0.39 is 0 Å². The third-order valence-electron chi connectivity index (χ3n) is 2.58. The van der Waals surface area contributed by atoms with Crippen molar-refractivity contribution in [2.75, 3.05) is 18.5 Å². The number of anilines is 1. The normalized spacial score (nSPS) is 10.1. The first kappa shape index (κ1) is 13.1. The van der Waals surface area contributed by atoms with E-state index in [2.05, 4.69) is 44.0 Å². The third kappa shape index (κ3) is 3.31. The van der Waals surface area contributed by atoms with E-state index in [1.165, 1.54) is 16.9 Å². The number of rotatable bonds is 4. The van der Waals surface area contributed by atoms with Crippen LogP contribution < -0.4 is 4.90 Å². The molecule has 18 heavy (non-hydrogen) atoms. The molecule has 0 aliphatic carbocycles. The fourth-order valence-electron chi connectivity index (χ4n) is 1.54. The first-order chi connectivity index (χ1) is 8.69. The second-order valence-electron chi connectivity index (χ2n) is 3.92. The molecule has 0 unspecified atom stereocenters. The molecule has 0 radical (unpaired) electrons. The highest BCUT2D eigenvalue weighted by atomic mass is 79.9. The summed E-state index contributed by atoms with van der Waals surface area (Å²) in [6.07, 6.45) is 2.58. The van der Waals surface area contributed by atoms with Crippen molar-refractivity contribution in [2.24, 2.45) is 0 Å². The number of nitrogens with zero attached hydrogens (tertiary/aromatic N) is 3. The summed E-state index contributed by atoms with van der Waals surface area (Å²) in [5.41, 5.74) is 1.29. The van der Waals surface area contributed by atoms with Crippen molar-refractivity contribution in [1.29, 1.82) is 5.26 Å². The molecule has 0 aliphatic heterocycles. The van der Waals surface area contributed by atoms with Gasteiger partial charge < -0.3 is 4.90 Å². The largest absolute Gasteiger partial charge is 0.351 e. The molecule has 0 N–H and O–H groups in total. The monoisotopic (exact) mass is 321 g/mol. The second-order valence-corrected chi connectivity index (χ2v) is 5.84. The van der Waals surface area contributed by atoms with E-state index in [1.54, 1.807) is 6.20 Å². The molecule has 1 aromatic heterocycles. The van der Waals surface area contributed by atoms with Crippen molar-refractivity contribution < 1.29 is 0 Å². The average molecular weight is 322 g/mol. The number of likely N-dealkylation sites (N-methyl/N-ethyl adjacent to an activating group) is 1. The van der Waals surface area contributed by atoms with Crippen molar-refractivity contribution in [1.82, 2.24) is 4.98 Å². The van der Waals surface area contributed by atoms with Gasteiger partial charge in [-0.3, -0.25) is 0 Å². The van der Waals surface area contributed by atoms with E-state index >= 15 is 0 Å². The predicted molar refractivity (Wildman–Crippen MR) is 77.9 cm³/mol. The van der Waals surface area contributed by atoms with E-state index in [4.69, 9.17) is 5.26 Å². The van der Waals surface area contributed by atoms with Gasteiger partial charge in [0, 0.05) is 18.1 Å². The van der Waals surface area contributed by atoms with Crippen LogP contribution in [0.4, 0.5) is 5.13 Å². The number of hydrogen-bond acceptors (Lipinski definition) is 4. The molecule has 0 spiro atoms. The van der Waals surface area contributed by atoms with Crippen LogP contribution in [0.2, 0.25) is 0 Å². The van der Waals surface area contributed by atoms with Crippen LogP contribution in [0.1, 0.15) is 10.4 Å². The first-order valence-corrected chi connectivity index (χ1v) is 7.11. The predicted octanol–water partition coefficient (Wildman–Crippen LogP) is 3.46. The van der Waals surface area contributed by atoms with Crippen LogP contribution in [-0.4, -0.2) is 18.6 Å². The Kier molecular flexibility index (Phi) is 4.34. The zero-order valence-electron chi connectivity index (χ0n) is 9.93. The molecular weight excluding hydrogens is 310 g/mol. The highest BCUT2D eigenvalue weighted by Crippen LogP contribution is 2.20. The molecule has 0 bridgehead atoms. The summed E-state index contributed by atoms with van der Waals surface area (Å²) >= 11 is 4.85. The van der Waals surface area contributed by atoms with Gasteiger partial charge in [-0.1, -0.05) is 39.4 Å². The lowest BCUT2D eigenvalue weighted by Gasteiger charge is -2.15. The fourth-order valence-corrected chi connectivity index (χ4v) is 2.50. The molecule has 1 aromatic carbocycles. The van der Waals surface area contributed by atoms with Crippen LogP contribution in [0.25, 0.3) is 0 Å². The summed E-state index contributed by atoms with van der Waals surface area (Å²) in [5, 5.41) is 9.66. The Labute approximate surface area is 119 Å². The van der Waals surface area contributed by atoms with E-state index in [0.717, 1.165) is 22.6 Å². The van der Waals surface area contributed by atoms with E-state index in [9.17, 15) is 0 Å². The minimum Gasteiger partial charge on any atom is -0.351 e. The maximum absolute atomic E-state index is 8.76. The standard InChI is InChI=1S/C13H12BrN3S/c1-17(13-16-9-12(8-15)18-13)7-6-10-2-4-11(14)5-3-10/h2-5,9H,6-7H2,1H3. The van der Waals surface area contributed by atoms with Crippen molar-refractivity contribution in [2.45, 2.75) is 6.42 Å². The minimum atomic E-state index is 0.653. The van der Waals surface area contributed by atoms with E-state index in [0.29, 0.717) is 4.88 Å². The van der Waals surface area contributed by atoms with Crippen LogP contribution in [0.3, 0.4) is 0 Å². The highest BCUT2D eigenvalue weighted by Gasteiger charge is 2.06. The van der Waals surface area contributed by atoms with E-state index in [1.807, 2.05) is 19.2 Å². The quantitative estimate of drug-likeness (QED) is 0.865. The lowest BCUT2D eigenvalue weighted by molar-refractivity contribution is 0.871. The summed E-state index contributed by atoms with van der Waals surface area (Å²) < 4.78 is 1.10. The van der Waals surface area contributed by atoms with Gasteiger partial charge in [0.05, 0.1) is 6.20 Å². The maximum atomic E-state index is 8.76. The number of halogens is 1. The Balaban J connectivity index is 1.94. The average Bonchev–Trinajstić information content (AvgIpc) is 2.86. The SMILES string of the molecule is CN(CCc1ccc(Br)cc1)c1ncc(C#N)s1. The maximum Gasteiger partial charge on any atom is 0.186 e. The van der Waals surface area contributed by atoms with Gasteiger partial charge in [-0.05, 0) is 24.1 Å². The summed E-state index contributed by atoms with van der Waals surface area (Å²) in [6, 6.07) is 10.4. The number of hydrogen-bond donors (Lipinski definition) is 0. The Morgan fingerprint density at radius 3 is 2.72 bits per heavy atom. The molecule has 2 rings (SSSR count). The van der Waals surface area contributed by atoms with Crippen LogP contribution >= 0.6 is 27.3 Å². The summed E-state index contributed by atoms with van der Waals surface area (Å²) in [4.78, 5) is 6.96. The first-order valence-electron chi connectivity index (χ1n) is 5.50. The number of benzene rings is 1. The number of aromatic nitrogens is 1. The van der Waals surface area contributed by atoms with Gasteiger partial charge in [0.15, 0.2) is 5.13 Å². The minimum absolute atomic E-state index is 0.653. The highest BCUT2D eigenvalue weighted by molar-refractivity contribution is 9.10. The third-order valence-corrected chi connectivity index (χ3v) is 4.12. The Morgan fingerprint density at radius 2 is 2.11 bits per heavy atom. The van der Waals surface area contributed by atoms with Gasteiger partial charge in [-0.25, -0.2) is 4.98 Å². The molecule has 1 heterocycles. The van der Waals surface area contributed by atoms with Crippen LogP contribution in [-0.2, 0) is 6.42 Å². The Bertz CT molecular complexity index is 556. The molecular formula is C13H12BrN3S. The fraction of sp³-hybridized carbons (Fsp3) is 0.231. The molecule has 0 fully saturated rings. The molecule has 0 amide bonds. The number of thiazole rings is 1. The van der Waals surface area contributed by atoms with Crippen molar-refractivity contribution in [3.63, 3.8) is 0 Å². The lowest BCUT2D eigenvalue weighted by atomic mass is 10.1. The molecule has 3 nitrogen and oxygen atoms in total. The summed E-state index contributed by atoms with van der Waals surface area (Å²) in [5.74, 6) is 0. The van der Waals surface area contributed by atoms with Gasteiger partial charge in [0.25, 0.3) is 0 Å². The zero-order chi connectivity index (χ0) is 13.0. The lowest BCUT2D eigenvalue weighted by Crippen LogP contribution is -2.19. The van der Waals surface area contributed by atoms with Crippen molar-refractivity contribution in [3.05, 3.63) is 45.4 Å². The van der Waals surface area contributed by atoms with Gasteiger partial charge in [-0.15, -0.1) is 0 Å². The smallest absolute Gasteiger partial charge is 0.186 e. The van der Waals surface area contributed by atoms with Gasteiger partial charge in [0.2, 0.25) is 0 Å². The molecule has 0 saturated heterocycles. The zero-order valence-corrected chi connectivity index (χ0v) is 12.3. The molecule has 2 aromatic rings. The Hall–Kier alpha value is -1.38. The summed E-state index contributed by atoms with van der Waals surface area (Å²) in [7, 11) is 2.00. The van der Waals surface area contributed by atoms with Gasteiger partial charge >= 0.3 is 0 Å². The molecule has 0 atom stereocenters. The van der Waals surface area contributed by atoms with Crippen molar-refractivity contribution in [3.8, 4) is 6.07 Å². The molecule has 92 valence electrons. The topological polar surface area (TPSA) is 39.9 Å². The van der Waals surface area contributed by atoms with Crippen LogP contribution in [0, 0.1) is 11.3 Å². The number of nitriles is 1. The van der Waals surface area contributed by atoms with Gasteiger partial charge in [-0.2, -0.15) is 5.26 Å². The van der Waals surface area contributed by atoms with E-state index in [-0.39, 0.29) is 0 Å². The van der Waals surface area contributed by atoms with Crippen LogP contribution in [0.5, 0.6) is 0 Å². The van der Waals surface area contributed by atoms with Crippen LogP contribution in [0.15, 0.2) is 34.9 Å². The molecule has 0 aliphatic rings. The molecule has 5 heteroatoms. The van der Waals surface area contributed by atoms with Crippen molar-refractivity contribution >= 4 is 32.4 Å².